The summed E-state index contributed by atoms with van der Waals surface area (Å²) in [4.78, 5) is 2.42. The van der Waals surface area contributed by atoms with Gasteiger partial charge in [-0.2, -0.15) is 0 Å². The molecule has 2 fully saturated rings. The van der Waals surface area contributed by atoms with Gasteiger partial charge >= 0.3 is 0 Å². The van der Waals surface area contributed by atoms with E-state index in [-0.39, 0.29) is 5.60 Å². The number of nitrogens with zero attached hydrogens (tertiary/aromatic N) is 1. The quantitative estimate of drug-likeness (QED) is 0.775. The zero-order valence-corrected chi connectivity index (χ0v) is 10.0. The summed E-state index contributed by atoms with van der Waals surface area (Å²) in [6.45, 7) is 0.900. The van der Waals surface area contributed by atoms with Crippen LogP contribution >= 0.6 is 0 Å². The lowest BCUT2D eigenvalue weighted by Gasteiger charge is -2.37. The maximum Gasteiger partial charge on any atom is 0.0774 e. The van der Waals surface area contributed by atoms with Gasteiger partial charge in [0.2, 0.25) is 0 Å². The van der Waals surface area contributed by atoms with Crippen LogP contribution in [0.5, 0.6) is 0 Å². The standard InChI is InChI=1S/C13H25NO/c1-14(12-7-3-4-8-12)11-13(15)9-5-2-6-10-13/h12,15H,2-11H2,1H3. The van der Waals surface area contributed by atoms with Crippen molar-refractivity contribution in [1.82, 2.24) is 4.90 Å². The first-order valence-electron chi connectivity index (χ1n) is 6.62. The normalized spacial score (nSPS) is 27.4. The van der Waals surface area contributed by atoms with Crippen molar-refractivity contribution in [1.29, 1.82) is 0 Å². The van der Waals surface area contributed by atoms with Gasteiger partial charge in [-0.3, -0.25) is 0 Å². The first-order valence-corrected chi connectivity index (χ1v) is 6.62. The van der Waals surface area contributed by atoms with E-state index in [0.29, 0.717) is 0 Å². The Hall–Kier alpha value is -0.0800. The second-order valence-corrected chi connectivity index (χ2v) is 5.64. The average Bonchev–Trinajstić information content (AvgIpc) is 2.70. The Morgan fingerprint density at radius 2 is 1.67 bits per heavy atom. The smallest absolute Gasteiger partial charge is 0.0774 e. The molecule has 2 aliphatic rings. The van der Waals surface area contributed by atoms with E-state index in [9.17, 15) is 5.11 Å². The highest BCUT2D eigenvalue weighted by Gasteiger charge is 2.32. The van der Waals surface area contributed by atoms with E-state index in [2.05, 4.69) is 11.9 Å². The van der Waals surface area contributed by atoms with Crippen LogP contribution in [-0.2, 0) is 0 Å². The van der Waals surface area contributed by atoms with Crippen molar-refractivity contribution in [3.63, 3.8) is 0 Å². The Bertz CT molecular complexity index is 193. The van der Waals surface area contributed by atoms with Gasteiger partial charge in [-0.15, -0.1) is 0 Å². The molecule has 0 bridgehead atoms. The second kappa shape index (κ2) is 4.84. The van der Waals surface area contributed by atoms with Crippen LogP contribution in [0.3, 0.4) is 0 Å². The summed E-state index contributed by atoms with van der Waals surface area (Å²) < 4.78 is 0. The molecule has 2 aliphatic carbocycles. The van der Waals surface area contributed by atoms with E-state index in [1.807, 2.05) is 0 Å². The molecule has 1 N–H and O–H groups in total. The highest BCUT2D eigenvalue weighted by Crippen LogP contribution is 2.31. The zero-order chi connectivity index (χ0) is 10.7. The Morgan fingerprint density at radius 3 is 2.27 bits per heavy atom. The molecule has 0 aromatic heterocycles. The van der Waals surface area contributed by atoms with Crippen LogP contribution in [0.4, 0.5) is 0 Å². The van der Waals surface area contributed by atoms with E-state index in [1.165, 1.54) is 44.9 Å². The topological polar surface area (TPSA) is 23.5 Å². The summed E-state index contributed by atoms with van der Waals surface area (Å²) in [5.74, 6) is 0. The fourth-order valence-electron chi connectivity index (χ4n) is 3.31. The molecule has 88 valence electrons. The Morgan fingerprint density at radius 1 is 1.07 bits per heavy atom. The molecule has 2 rings (SSSR count). The minimum atomic E-state index is -0.365. The molecule has 2 saturated carbocycles. The number of hydrogen-bond donors (Lipinski definition) is 1. The first-order chi connectivity index (χ1) is 7.20. The fourth-order valence-corrected chi connectivity index (χ4v) is 3.31. The summed E-state index contributed by atoms with van der Waals surface area (Å²) >= 11 is 0. The summed E-state index contributed by atoms with van der Waals surface area (Å²) in [5, 5.41) is 10.5. The van der Waals surface area contributed by atoms with Crippen molar-refractivity contribution >= 4 is 0 Å². The summed E-state index contributed by atoms with van der Waals surface area (Å²) in [5.41, 5.74) is -0.365. The minimum absolute atomic E-state index is 0.365. The Kier molecular flexibility index (Phi) is 3.68. The van der Waals surface area contributed by atoms with Gasteiger partial charge in [0.15, 0.2) is 0 Å². The van der Waals surface area contributed by atoms with Gasteiger partial charge in [0, 0.05) is 12.6 Å². The van der Waals surface area contributed by atoms with Crippen LogP contribution in [0.2, 0.25) is 0 Å². The van der Waals surface area contributed by atoms with Crippen LogP contribution in [0.25, 0.3) is 0 Å². The molecular weight excluding hydrogens is 186 g/mol. The van der Waals surface area contributed by atoms with Crippen molar-refractivity contribution in [2.45, 2.75) is 69.4 Å². The summed E-state index contributed by atoms with van der Waals surface area (Å²) in [7, 11) is 2.20. The molecule has 0 saturated heterocycles. The molecule has 0 aromatic rings. The summed E-state index contributed by atoms with van der Waals surface area (Å²) in [6.07, 6.45) is 11.2. The molecule has 0 unspecified atom stereocenters. The van der Waals surface area contributed by atoms with E-state index in [4.69, 9.17) is 0 Å². The maximum absolute atomic E-state index is 10.5. The van der Waals surface area contributed by atoms with Crippen molar-refractivity contribution in [2.24, 2.45) is 0 Å². The third kappa shape index (κ3) is 2.94. The fraction of sp³-hybridized carbons (Fsp3) is 1.00. The largest absolute Gasteiger partial charge is 0.389 e. The highest BCUT2D eigenvalue weighted by atomic mass is 16.3. The number of aliphatic hydroxyl groups is 1. The molecule has 15 heavy (non-hydrogen) atoms. The first kappa shape index (κ1) is 11.4. The Labute approximate surface area is 93.7 Å². The van der Waals surface area contributed by atoms with Crippen LogP contribution < -0.4 is 0 Å². The van der Waals surface area contributed by atoms with Crippen molar-refractivity contribution in [2.75, 3.05) is 13.6 Å². The molecule has 0 aliphatic heterocycles. The van der Waals surface area contributed by atoms with Gasteiger partial charge in [0.05, 0.1) is 5.60 Å². The van der Waals surface area contributed by atoms with E-state index < -0.39 is 0 Å². The predicted molar refractivity (Wildman–Crippen MR) is 62.9 cm³/mol. The van der Waals surface area contributed by atoms with Gasteiger partial charge in [0.1, 0.15) is 0 Å². The SMILES string of the molecule is CN(CC1(O)CCCCC1)C1CCCC1. The van der Waals surface area contributed by atoms with Gasteiger partial charge < -0.3 is 10.0 Å². The van der Waals surface area contributed by atoms with Gasteiger partial charge in [0.25, 0.3) is 0 Å². The number of rotatable bonds is 3. The monoisotopic (exact) mass is 211 g/mol. The lowest BCUT2D eigenvalue weighted by atomic mass is 9.84. The number of likely N-dealkylation sites (N-methyl/N-ethyl adjacent to an activating group) is 1. The molecule has 0 aromatic carbocycles. The minimum Gasteiger partial charge on any atom is -0.389 e. The molecule has 0 radical (unpaired) electrons. The van der Waals surface area contributed by atoms with E-state index in [1.54, 1.807) is 0 Å². The van der Waals surface area contributed by atoms with E-state index in [0.717, 1.165) is 25.4 Å². The second-order valence-electron chi connectivity index (χ2n) is 5.64. The maximum atomic E-state index is 10.5. The predicted octanol–water partition coefficient (Wildman–Crippen LogP) is 2.56. The molecule has 0 heterocycles. The van der Waals surface area contributed by atoms with Crippen LogP contribution in [0.15, 0.2) is 0 Å². The third-order valence-electron chi connectivity index (χ3n) is 4.28. The lowest BCUT2D eigenvalue weighted by Crippen LogP contribution is -2.45. The molecular formula is C13H25NO. The van der Waals surface area contributed by atoms with Gasteiger partial charge in [-0.1, -0.05) is 32.1 Å². The lowest BCUT2D eigenvalue weighted by molar-refractivity contribution is -0.0286. The highest BCUT2D eigenvalue weighted by molar-refractivity contribution is 4.87. The molecule has 0 atom stereocenters. The third-order valence-corrected chi connectivity index (χ3v) is 4.28. The zero-order valence-electron chi connectivity index (χ0n) is 10.0. The van der Waals surface area contributed by atoms with Crippen molar-refractivity contribution in [3.8, 4) is 0 Å². The van der Waals surface area contributed by atoms with Gasteiger partial charge in [-0.25, -0.2) is 0 Å². The summed E-state index contributed by atoms with van der Waals surface area (Å²) in [6, 6.07) is 0.746. The molecule has 2 nitrogen and oxygen atoms in total. The average molecular weight is 211 g/mol. The van der Waals surface area contributed by atoms with Crippen molar-refractivity contribution < 1.29 is 5.11 Å². The van der Waals surface area contributed by atoms with Crippen molar-refractivity contribution in [3.05, 3.63) is 0 Å². The molecule has 0 spiro atoms. The number of hydrogen-bond acceptors (Lipinski definition) is 2. The van der Waals surface area contributed by atoms with E-state index >= 15 is 0 Å². The van der Waals surface area contributed by atoms with Gasteiger partial charge in [-0.05, 0) is 32.7 Å². The van der Waals surface area contributed by atoms with Crippen LogP contribution in [0, 0.1) is 0 Å². The molecule has 0 amide bonds. The Balaban J connectivity index is 1.83. The molecule has 2 heteroatoms. The van der Waals surface area contributed by atoms with Crippen LogP contribution in [0.1, 0.15) is 57.8 Å². The van der Waals surface area contributed by atoms with Crippen LogP contribution in [-0.4, -0.2) is 35.2 Å².